The molecule has 0 bridgehead atoms. The van der Waals surface area contributed by atoms with Gasteiger partial charge in [-0.2, -0.15) is 0 Å². The Kier molecular flexibility index (Phi) is 6.36. The van der Waals surface area contributed by atoms with Crippen molar-refractivity contribution in [3.63, 3.8) is 0 Å². The van der Waals surface area contributed by atoms with Crippen LogP contribution in [0.2, 0.25) is 0 Å². The molecule has 1 rings (SSSR count). The topological polar surface area (TPSA) is 58.4 Å². The maximum absolute atomic E-state index is 12.4. The van der Waals surface area contributed by atoms with Gasteiger partial charge < -0.3 is 10.3 Å². The first-order chi connectivity index (χ1) is 9.15. The number of nitrogens with two attached hydrogens (primary N) is 1. The molecular formula is C15H25N3O. The Hall–Kier alpha value is -1.55. The Morgan fingerprint density at radius 1 is 1.21 bits per heavy atom. The first kappa shape index (κ1) is 15.5. The zero-order chi connectivity index (χ0) is 14.3. The van der Waals surface area contributed by atoms with Gasteiger partial charge in [-0.1, -0.05) is 26.7 Å². The van der Waals surface area contributed by atoms with Crippen LogP contribution >= 0.6 is 0 Å². The Morgan fingerprint density at radius 3 is 2.21 bits per heavy atom. The van der Waals surface area contributed by atoms with Crippen molar-refractivity contribution in [1.29, 1.82) is 0 Å². The van der Waals surface area contributed by atoms with E-state index in [0.717, 1.165) is 31.6 Å². The van der Waals surface area contributed by atoms with E-state index in [4.69, 9.17) is 5.84 Å². The van der Waals surface area contributed by atoms with Crippen LogP contribution in [0.5, 0.6) is 0 Å². The van der Waals surface area contributed by atoms with Gasteiger partial charge in [-0.15, -0.1) is 0 Å². The smallest absolute Gasteiger partial charge is 0.253 e. The summed E-state index contributed by atoms with van der Waals surface area (Å²) in [6.07, 6.45) is 2.21. The fraction of sp³-hybridized carbons (Fsp3) is 0.533. The van der Waals surface area contributed by atoms with Gasteiger partial charge in [0.1, 0.15) is 0 Å². The summed E-state index contributed by atoms with van der Waals surface area (Å²) in [5.41, 5.74) is 4.08. The summed E-state index contributed by atoms with van der Waals surface area (Å²) in [5, 5.41) is 0. The summed E-state index contributed by atoms with van der Waals surface area (Å²) in [7, 11) is 0. The highest BCUT2D eigenvalue weighted by Crippen LogP contribution is 2.14. The Morgan fingerprint density at radius 2 is 1.79 bits per heavy atom. The van der Waals surface area contributed by atoms with Gasteiger partial charge in [0.15, 0.2) is 0 Å². The fourth-order valence-corrected chi connectivity index (χ4v) is 2.11. The number of benzene rings is 1. The molecule has 0 atom stereocenters. The number of hydrogen-bond donors (Lipinski definition) is 2. The van der Waals surface area contributed by atoms with Crippen LogP contribution < -0.4 is 11.3 Å². The van der Waals surface area contributed by atoms with Crippen LogP contribution in [0.15, 0.2) is 24.3 Å². The van der Waals surface area contributed by atoms with Crippen molar-refractivity contribution in [2.45, 2.75) is 33.6 Å². The first-order valence-electron chi connectivity index (χ1n) is 7.02. The van der Waals surface area contributed by atoms with E-state index >= 15 is 0 Å². The third-order valence-electron chi connectivity index (χ3n) is 3.60. The predicted octanol–water partition coefficient (Wildman–Crippen LogP) is 2.87. The molecule has 19 heavy (non-hydrogen) atoms. The SMILES string of the molecule is CCC(CC)CN(CC)C(=O)c1ccc(NN)cc1. The van der Waals surface area contributed by atoms with Crippen molar-refractivity contribution in [2.75, 3.05) is 18.5 Å². The first-order valence-corrected chi connectivity index (χ1v) is 7.02. The number of carbonyl (C=O) groups excluding carboxylic acids is 1. The molecule has 0 saturated carbocycles. The highest BCUT2D eigenvalue weighted by Gasteiger charge is 2.17. The van der Waals surface area contributed by atoms with E-state index in [2.05, 4.69) is 19.3 Å². The van der Waals surface area contributed by atoms with Gasteiger partial charge in [-0.3, -0.25) is 10.6 Å². The van der Waals surface area contributed by atoms with E-state index in [1.165, 1.54) is 0 Å². The molecule has 1 aromatic carbocycles. The quantitative estimate of drug-likeness (QED) is 0.587. The van der Waals surface area contributed by atoms with Crippen LogP contribution in [0, 0.1) is 5.92 Å². The Bertz CT molecular complexity index is 385. The van der Waals surface area contributed by atoms with Gasteiger partial charge in [0.05, 0.1) is 0 Å². The lowest BCUT2D eigenvalue weighted by molar-refractivity contribution is 0.0735. The minimum atomic E-state index is 0.0953. The number of amides is 1. The maximum Gasteiger partial charge on any atom is 0.253 e. The van der Waals surface area contributed by atoms with Crippen molar-refractivity contribution in [3.8, 4) is 0 Å². The van der Waals surface area contributed by atoms with Crippen LogP contribution in [0.3, 0.4) is 0 Å². The monoisotopic (exact) mass is 263 g/mol. The molecule has 0 saturated heterocycles. The van der Waals surface area contributed by atoms with Crippen molar-refractivity contribution in [3.05, 3.63) is 29.8 Å². The van der Waals surface area contributed by atoms with Crippen LogP contribution in [0.25, 0.3) is 0 Å². The van der Waals surface area contributed by atoms with Gasteiger partial charge >= 0.3 is 0 Å². The average molecular weight is 263 g/mol. The Balaban J connectivity index is 2.76. The molecule has 0 aromatic heterocycles. The molecule has 0 fully saturated rings. The third-order valence-corrected chi connectivity index (χ3v) is 3.60. The molecular weight excluding hydrogens is 238 g/mol. The molecule has 0 spiro atoms. The van der Waals surface area contributed by atoms with Crippen LogP contribution in [-0.4, -0.2) is 23.9 Å². The van der Waals surface area contributed by atoms with Crippen LogP contribution in [0.1, 0.15) is 44.0 Å². The summed E-state index contributed by atoms with van der Waals surface area (Å²) in [5.74, 6) is 5.99. The average Bonchev–Trinajstić information content (AvgIpc) is 2.48. The highest BCUT2D eigenvalue weighted by atomic mass is 16.2. The fourth-order valence-electron chi connectivity index (χ4n) is 2.11. The zero-order valence-corrected chi connectivity index (χ0v) is 12.1. The molecule has 1 amide bonds. The molecule has 0 aliphatic carbocycles. The molecule has 106 valence electrons. The lowest BCUT2D eigenvalue weighted by atomic mass is 10.0. The minimum absolute atomic E-state index is 0.0953. The normalized spacial score (nSPS) is 10.6. The number of nitrogen functional groups attached to an aromatic ring is 1. The summed E-state index contributed by atoms with van der Waals surface area (Å²) >= 11 is 0. The molecule has 0 radical (unpaired) electrons. The van der Waals surface area contributed by atoms with E-state index < -0.39 is 0 Å². The Labute approximate surface area is 115 Å². The van der Waals surface area contributed by atoms with Crippen LogP contribution in [-0.2, 0) is 0 Å². The number of nitrogens with one attached hydrogen (secondary N) is 1. The molecule has 0 unspecified atom stereocenters. The van der Waals surface area contributed by atoms with Gasteiger partial charge in [-0.05, 0) is 37.1 Å². The highest BCUT2D eigenvalue weighted by molar-refractivity contribution is 5.94. The zero-order valence-electron chi connectivity index (χ0n) is 12.1. The number of hydrogen-bond acceptors (Lipinski definition) is 3. The second-order valence-corrected chi connectivity index (χ2v) is 4.75. The van der Waals surface area contributed by atoms with Gasteiger partial charge in [0, 0.05) is 24.3 Å². The lowest BCUT2D eigenvalue weighted by Crippen LogP contribution is -2.35. The summed E-state index contributed by atoms with van der Waals surface area (Å²) in [6, 6.07) is 7.26. The van der Waals surface area contributed by atoms with Gasteiger partial charge in [0.25, 0.3) is 5.91 Å². The van der Waals surface area contributed by atoms with Crippen molar-refractivity contribution in [2.24, 2.45) is 11.8 Å². The predicted molar refractivity (Wildman–Crippen MR) is 79.9 cm³/mol. The van der Waals surface area contributed by atoms with Crippen molar-refractivity contribution < 1.29 is 4.79 Å². The molecule has 0 heterocycles. The lowest BCUT2D eigenvalue weighted by Gasteiger charge is -2.25. The second-order valence-electron chi connectivity index (χ2n) is 4.75. The standard InChI is InChI=1S/C15H25N3O/c1-4-12(5-2)11-18(6-3)15(19)13-7-9-14(17-16)10-8-13/h7-10,12,17H,4-6,11,16H2,1-3H3. The van der Waals surface area contributed by atoms with Crippen molar-refractivity contribution in [1.82, 2.24) is 4.90 Å². The molecule has 0 aliphatic rings. The number of nitrogens with zero attached hydrogens (tertiary/aromatic N) is 1. The van der Waals surface area contributed by atoms with E-state index in [1.807, 2.05) is 36.1 Å². The number of carbonyl (C=O) groups is 1. The minimum Gasteiger partial charge on any atom is -0.339 e. The van der Waals surface area contributed by atoms with Gasteiger partial charge in [-0.25, -0.2) is 0 Å². The third kappa shape index (κ3) is 4.24. The van der Waals surface area contributed by atoms with E-state index in [-0.39, 0.29) is 5.91 Å². The van der Waals surface area contributed by atoms with E-state index in [1.54, 1.807) is 0 Å². The van der Waals surface area contributed by atoms with Crippen molar-refractivity contribution >= 4 is 11.6 Å². The van der Waals surface area contributed by atoms with E-state index in [0.29, 0.717) is 11.5 Å². The number of anilines is 1. The van der Waals surface area contributed by atoms with E-state index in [9.17, 15) is 4.79 Å². The second kappa shape index (κ2) is 7.79. The molecule has 4 heteroatoms. The molecule has 4 nitrogen and oxygen atoms in total. The van der Waals surface area contributed by atoms with Crippen LogP contribution in [0.4, 0.5) is 5.69 Å². The molecule has 0 aliphatic heterocycles. The maximum atomic E-state index is 12.4. The largest absolute Gasteiger partial charge is 0.339 e. The summed E-state index contributed by atoms with van der Waals surface area (Å²) in [4.78, 5) is 14.3. The van der Waals surface area contributed by atoms with Gasteiger partial charge in [0.2, 0.25) is 0 Å². The number of rotatable bonds is 7. The molecule has 1 aromatic rings. The summed E-state index contributed by atoms with van der Waals surface area (Å²) in [6.45, 7) is 7.95. The summed E-state index contributed by atoms with van der Waals surface area (Å²) < 4.78 is 0. The number of hydrazine groups is 1. The molecule has 3 N–H and O–H groups in total.